The molecule has 0 aliphatic heterocycles. The number of halogens is 2. The van der Waals surface area contributed by atoms with Gasteiger partial charge < -0.3 is 10.4 Å². The lowest BCUT2D eigenvalue weighted by Crippen LogP contribution is -2.48. The highest BCUT2D eigenvalue weighted by Crippen LogP contribution is 2.19. The van der Waals surface area contributed by atoms with Gasteiger partial charge in [-0.3, -0.25) is 9.59 Å². The third-order valence-corrected chi connectivity index (χ3v) is 4.29. The smallest absolute Gasteiger partial charge is 0.262 e. The van der Waals surface area contributed by atoms with Crippen LogP contribution in [0.4, 0.5) is 0 Å². The predicted octanol–water partition coefficient (Wildman–Crippen LogP) is 3.60. The molecule has 0 bridgehead atoms. The lowest BCUT2D eigenvalue weighted by molar-refractivity contribution is -0.123. The standard InChI is InChI=1S/C19H19Cl2N3O3/c1-11(2)17(23-18(26)14-5-3-4-6-15(14)21)19(27)24-22-10-12-9-13(20)7-8-16(12)25/h3-11,17,25H,1-2H3,(H,23,26)(H,24,27). The van der Waals surface area contributed by atoms with Crippen molar-refractivity contribution in [3.8, 4) is 5.75 Å². The number of carbonyl (C=O) groups is 2. The molecule has 0 saturated carbocycles. The molecule has 6 nitrogen and oxygen atoms in total. The van der Waals surface area contributed by atoms with Crippen LogP contribution < -0.4 is 10.7 Å². The van der Waals surface area contributed by atoms with Crippen molar-refractivity contribution >= 4 is 41.2 Å². The van der Waals surface area contributed by atoms with Crippen LogP contribution in [0, 0.1) is 5.92 Å². The summed E-state index contributed by atoms with van der Waals surface area (Å²) in [5.74, 6) is -1.16. The van der Waals surface area contributed by atoms with Crippen molar-refractivity contribution in [3.63, 3.8) is 0 Å². The molecule has 0 aromatic heterocycles. The number of phenolic OH excluding ortho intramolecular Hbond substituents is 1. The summed E-state index contributed by atoms with van der Waals surface area (Å²) in [4.78, 5) is 24.8. The monoisotopic (exact) mass is 407 g/mol. The Morgan fingerprint density at radius 3 is 2.52 bits per heavy atom. The third kappa shape index (κ3) is 5.70. The van der Waals surface area contributed by atoms with Gasteiger partial charge in [-0.2, -0.15) is 5.10 Å². The summed E-state index contributed by atoms with van der Waals surface area (Å²) >= 11 is 11.9. The normalized spacial score (nSPS) is 12.2. The molecule has 2 aromatic carbocycles. The van der Waals surface area contributed by atoms with Crippen LogP contribution >= 0.6 is 23.2 Å². The zero-order valence-corrected chi connectivity index (χ0v) is 16.3. The van der Waals surface area contributed by atoms with Gasteiger partial charge in [0.05, 0.1) is 16.8 Å². The van der Waals surface area contributed by atoms with Gasteiger partial charge >= 0.3 is 0 Å². The first-order valence-corrected chi connectivity index (χ1v) is 8.92. The first-order chi connectivity index (χ1) is 12.8. The van der Waals surface area contributed by atoms with Gasteiger partial charge in [-0.05, 0) is 36.2 Å². The minimum absolute atomic E-state index is 0.0233. The van der Waals surface area contributed by atoms with Crippen LogP contribution in [0.3, 0.4) is 0 Å². The van der Waals surface area contributed by atoms with Crippen LogP contribution in [-0.2, 0) is 4.79 Å². The molecule has 3 N–H and O–H groups in total. The van der Waals surface area contributed by atoms with E-state index in [0.717, 1.165) is 0 Å². The fourth-order valence-electron chi connectivity index (χ4n) is 2.26. The van der Waals surface area contributed by atoms with E-state index in [2.05, 4.69) is 15.8 Å². The van der Waals surface area contributed by atoms with Gasteiger partial charge in [-0.25, -0.2) is 5.43 Å². The van der Waals surface area contributed by atoms with Crippen molar-refractivity contribution in [2.45, 2.75) is 19.9 Å². The molecule has 1 unspecified atom stereocenters. The van der Waals surface area contributed by atoms with Crippen LogP contribution in [0.2, 0.25) is 10.0 Å². The predicted molar refractivity (Wildman–Crippen MR) is 106 cm³/mol. The number of benzene rings is 2. The maximum absolute atomic E-state index is 12.4. The van der Waals surface area contributed by atoms with Crippen LogP contribution in [0.1, 0.15) is 29.8 Å². The zero-order valence-electron chi connectivity index (χ0n) is 14.7. The number of nitrogens with one attached hydrogen (secondary N) is 2. The number of aromatic hydroxyl groups is 1. The molecule has 2 aromatic rings. The van der Waals surface area contributed by atoms with E-state index >= 15 is 0 Å². The Labute approximate surface area is 167 Å². The summed E-state index contributed by atoms with van der Waals surface area (Å²) in [6.07, 6.45) is 1.27. The van der Waals surface area contributed by atoms with E-state index in [4.69, 9.17) is 23.2 Å². The largest absolute Gasteiger partial charge is 0.507 e. The molecule has 0 saturated heterocycles. The van der Waals surface area contributed by atoms with E-state index in [1.54, 1.807) is 38.1 Å². The van der Waals surface area contributed by atoms with Crippen molar-refractivity contribution in [1.29, 1.82) is 0 Å². The van der Waals surface area contributed by atoms with Gasteiger partial charge in [0.15, 0.2) is 0 Å². The number of carbonyl (C=O) groups excluding carboxylic acids is 2. The number of nitrogens with zero attached hydrogens (tertiary/aromatic N) is 1. The molecular weight excluding hydrogens is 389 g/mol. The maximum Gasteiger partial charge on any atom is 0.262 e. The summed E-state index contributed by atoms with van der Waals surface area (Å²) in [6, 6.07) is 10.2. The second kappa shape index (κ2) is 9.39. The van der Waals surface area contributed by atoms with Gasteiger partial charge in [-0.1, -0.05) is 49.2 Å². The number of hydrogen-bond donors (Lipinski definition) is 3. The van der Waals surface area contributed by atoms with Gasteiger partial charge in [0.2, 0.25) is 0 Å². The summed E-state index contributed by atoms with van der Waals surface area (Å²) < 4.78 is 0. The summed E-state index contributed by atoms with van der Waals surface area (Å²) in [6.45, 7) is 3.59. The molecule has 2 rings (SSSR count). The second-order valence-electron chi connectivity index (χ2n) is 6.11. The average Bonchev–Trinajstić information content (AvgIpc) is 2.62. The van der Waals surface area contributed by atoms with Gasteiger partial charge in [0, 0.05) is 10.6 Å². The number of hydrogen-bond acceptors (Lipinski definition) is 4. The fraction of sp³-hybridized carbons (Fsp3) is 0.211. The quantitative estimate of drug-likeness (QED) is 0.504. The molecule has 1 atom stereocenters. The molecular formula is C19H19Cl2N3O3. The highest BCUT2D eigenvalue weighted by atomic mass is 35.5. The highest BCUT2D eigenvalue weighted by Gasteiger charge is 2.25. The Morgan fingerprint density at radius 2 is 1.85 bits per heavy atom. The Hall–Kier alpha value is -2.57. The third-order valence-electron chi connectivity index (χ3n) is 3.72. The Morgan fingerprint density at radius 1 is 1.15 bits per heavy atom. The lowest BCUT2D eigenvalue weighted by atomic mass is 10.0. The molecule has 0 spiro atoms. The first-order valence-electron chi connectivity index (χ1n) is 8.16. The van der Waals surface area contributed by atoms with E-state index < -0.39 is 17.9 Å². The van der Waals surface area contributed by atoms with E-state index in [0.29, 0.717) is 15.6 Å². The first kappa shape index (κ1) is 20.7. The molecule has 0 aliphatic rings. The van der Waals surface area contributed by atoms with Crippen molar-refractivity contribution in [2.75, 3.05) is 0 Å². The molecule has 0 fully saturated rings. The lowest BCUT2D eigenvalue weighted by Gasteiger charge is -2.20. The van der Waals surface area contributed by atoms with E-state index in [1.807, 2.05) is 0 Å². The highest BCUT2D eigenvalue weighted by molar-refractivity contribution is 6.33. The SMILES string of the molecule is CC(C)C(NC(=O)c1ccccc1Cl)C(=O)NN=Cc1cc(Cl)ccc1O. The number of amides is 2. The molecule has 0 radical (unpaired) electrons. The van der Waals surface area contributed by atoms with E-state index in [9.17, 15) is 14.7 Å². The molecule has 2 amide bonds. The maximum atomic E-state index is 12.4. The molecule has 8 heteroatoms. The summed E-state index contributed by atoms with van der Waals surface area (Å²) in [5.41, 5.74) is 2.99. The number of phenols is 1. The summed E-state index contributed by atoms with van der Waals surface area (Å²) in [5, 5.41) is 16.9. The minimum atomic E-state index is -0.820. The van der Waals surface area contributed by atoms with Gasteiger partial charge in [0.25, 0.3) is 11.8 Å². The van der Waals surface area contributed by atoms with E-state index in [-0.39, 0.29) is 17.2 Å². The Bertz CT molecular complexity index is 869. The molecule has 0 heterocycles. The Balaban J connectivity index is 2.06. The summed E-state index contributed by atoms with van der Waals surface area (Å²) in [7, 11) is 0. The van der Waals surface area contributed by atoms with Crippen molar-refractivity contribution in [2.24, 2.45) is 11.0 Å². The molecule has 27 heavy (non-hydrogen) atoms. The average molecular weight is 408 g/mol. The van der Waals surface area contributed by atoms with Crippen LogP contribution in [0.25, 0.3) is 0 Å². The number of rotatable bonds is 6. The molecule has 142 valence electrons. The van der Waals surface area contributed by atoms with Gasteiger partial charge in [0.1, 0.15) is 11.8 Å². The topological polar surface area (TPSA) is 90.8 Å². The van der Waals surface area contributed by atoms with Crippen molar-refractivity contribution < 1.29 is 14.7 Å². The van der Waals surface area contributed by atoms with Crippen LogP contribution in [0.15, 0.2) is 47.6 Å². The zero-order chi connectivity index (χ0) is 20.0. The van der Waals surface area contributed by atoms with Crippen LogP contribution in [0.5, 0.6) is 5.75 Å². The van der Waals surface area contributed by atoms with Crippen molar-refractivity contribution in [3.05, 3.63) is 63.6 Å². The van der Waals surface area contributed by atoms with E-state index in [1.165, 1.54) is 24.4 Å². The Kier molecular flexibility index (Phi) is 7.21. The van der Waals surface area contributed by atoms with Gasteiger partial charge in [-0.15, -0.1) is 0 Å². The fourth-order valence-corrected chi connectivity index (χ4v) is 2.67. The molecule has 0 aliphatic carbocycles. The minimum Gasteiger partial charge on any atom is -0.507 e. The van der Waals surface area contributed by atoms with Crippen molar-refractivity contribution in [1.82, 2.24) is 10.7 Å². The number of hydrazone groups is 1. The van der Waals surface area contributed by atoms with Crippen LogP contribution in [-0.4, -0.2) is 29.2 Å². The second-order valence-corrected chi connectivity index (χ2v) is 6.96.